The molecule has 0 fully saturated rings. The van der Waals surface area contributed by atoms with Crippen molar-refractivity contribution >= 4 is 23.4 Å². The Labute approximate surface area is 156 Å². The molecule has 3 rings (SSSR count). The number of aromatic nitrogens is 3. The van der Waals surface area contributed by atoms with Gasteiger partial charge in [-0.15, -0.1) is 10.2 Å². The van der Waals surface area contributed by atoms with Crippen LogP contribution in [0.2, 0.25) is 5.02 Å². The van der Waals surface area contributed by atoms with Crippen molar-refractivity contribution in [2.45, 2.75) is 31.2 Å². The molecule has 0 amide bonds. The van der Waals surface area contributed by atoms with Crippen molar-refractivity contribution in [3.63, 3.8) is 0 Å². The molecule has 3 aromatic rings. The van der Waals surface area contributed by atoms with Gasteiger partial charge in [0.25, 0.3) is 0 Å². The Morgan fingerprint density at radius 3 is 2.64 bits per heavy atom. The molecule has 1 atom stereocenters. The van der Waals surface area contributed by atoms with Crippen LogP contribution in [0.15, 0.2) is 47.6 Å². The Kier molecular flexibility index (Phi) is 5.12. The summed E-state index contributed by atoms with van der Waals surface area (Å²) in [5.41, 5.74) is 4.05. The summed E-state index contributed by atoms with van der Waals surface area (Å²) in [6, 6.07) is 16.1. The summed E-state index contributed by atoms with van der Waals surface area (Å²) in [5.74, 6) is 0.673. The lowest BCUT2D eigenvalue weighted by Crippen LogP contribution is -2.04. The maximum absolute atomic E-state index is 9.17. The number of aryl methyl sites for hydroxylation is 2. The van der Waals surface area contributed by atoms with E-state index in [1.807, 2.05) is 49.6 Å². The smallest absolute Gasteiger partial charge is 0.197 e. The van der Waals surface area contributed by atoms with Crippen LogP contribution >= 0.6 is 23.4 Å². The van der Waals surface area contributed by atoms with Gasteiger partial charge in [-0.1, -0.05) is 47.6 Å². The predicted octanol–water partition coefficient (Wildman–Crippen LogP) is 5.21. The molecule has 0 radical (unpaired) electrons. The monoisotopic (exact) mass is 368 g/mol. The Morgan fingerprint density at radius 1 is 1.16 bits per heavy atom. The second-order valence-electron chi connectivity index (χ2n) is 5.80. The molecule has 0 saturated carbocycles. The molecular weight excluding hydrogens is 352 g/mol. The van der Waals surface area contributed by atoms with Crippen molar-refractivity contribution in [1.29, 1.82) is 5.26 Å². The van der Waals surface area contributed by atoms with Crippen LogP contribution in [-0.4, -0.2) is 20.0 Å². The third-order valence-corrected chi connectivity index (χ3v) is 5.08. The number of nitrogens with zero attached hydrogens (tertiary/aromatic N) is 4. The second-order valence-corrected chi connectivity index (χ2v) is 7.52. The molecule has 0 saturated heterocycles. The lowest BCUT2D eigenvalue weighted by atomic mass is 10.1. The van der Waals surface area contributed by atoms with Gasteiger partial charge >= 0.3 is 0 Å². The fraction of sp³-hybridized carbons (Fsp3) is 0.211. The van der Waals surface area contributed by atoms with Crippen molar-refractivity contribution in [1.82, 2.24) is 14.8 Å². The quantitative estimate of drug-likeness (QED) is 0.593. The van der Waals surface area contributed by atoms with Crippen LogP contribution in [0.3, 0.4) is 0 Å². The molecule has 0 spiro atoms. The number of benzene rings is 2. The normalized spacial score (nSPS) is 12.0. The predicted molar refractivity (Wildman–Crippen MR) is 102 cm³/mol. The highest BCUT2D eigenvalue weighted by atomic mass is 35.5. The first-order valence-electron chi connectivity index (χ1n) is 7.85. The van der Waals surface area contributed by atoms with Crippen LogP contribution in [0, 0.1) is 25.2 Å². The average Bonchev–Trinajstić information content (AvgIpc) is 3.00. The van der Waals surface area contributed by atoms with Crippen LogP contribution < -0.4 is 0 Å². The fourth-order valence-electron chi connectivity index (χ4n) is 2.53. The number of thioether (sulfide) groups is 1. The van der Waals surface area contributed by atoms with Crippen molar-refractivity contribution in [3.8, 4) is 23.1 Å². The third-order valence-electron chi connectivity index (χ3n) is 3.82. The highest BCUT2D eigenvalue weighted by Gasteiger charge is 2.20. The van der Waals surface area contributed by atoms with Crippen LogP contribution in [-0.2, 0) is 0 Å². The topological polar surface area (TPSA) is 54.5 Å². The van der Waals surface area contributed by atoms with Gasteiger partial charge in [0.05, 0.1) is 22.0 Å². The van der Waals surface area contributed by atoms with Gasteiger partial charge in [0.1, 0.15) is 0 Å². The number of nitriles is 1. The Bertz CT molecular complexity index is 958. The van der Waals surface area contributed by atoms with Gasteiger partial charge in [-0.2, -0.15) is 5.26 Å². The summed E-state index contributed by atoms with van der Waals surface area (Å²) < 4.78 is 1.99. The molecule has 25 heavy (non-hydrogen) atoms. The first-order chi connectivity index (χ1) is 12.0. The maximum Gasteiger partial charge on any atom is 0.197 e. The molecule has 6 heteroatoms. The zero-order valence-electron chi connectivity index (χ0n) is 14.2. The zero-order valence-corrected chi connectivity index (χ0v) is 15.8. The van der Waals surface area contributed by atoms with Crippen molar-refractivity contribution in [3.05, 3.63) is 58.6 Å². The minimum Gasteiger partial charge on any atom is -0.270 e. The second kappa shape index (κ2) is 7.30. The summed E-state index contributed by atoms with van der Waals surface area (Å²) in [6.07, 6.45) is 0. The number of rotatable bonds is 4. The SMILES string of the molecule is Cc1ccc(C)c(-n2c(SC(C)C#N)nnc2-c2ccccc2Cl)c1. The van der Waals surface area contributed by atoms with Gasteiger partial charge in [-0.25, -0.2) is 0 Å². The Morgan fingerprint density at radius 2 is 1.92 bits per heavy atom. The average molecular weight is 369 g/mol. The Balaban J connectivity index is 2.26. The van der Waals surface area contributed by atoms with E-state index in [0.29, 0.717) is 16.0 Å². The molecule has 0 aliphatic heterocycles. The molecule has 1 unspecified atom stereocenters. The lowest BCUT2D eigenvalue weighted by molar-refractivity contribution is 0.877. The van der Waals surface area contributed by atoms with Gasteiger partial charge in [-0.05, 0) is 50.1 Å². The molecule has 0 N–H and O–H groups in total. The van der Waals surface area contributed by atoms with Crippen LogP contribution in [0.4, 0.5) is 0 Å². The molecular formula is C19H17ClN4S. The van der Waals surface area contributed by atoms with E-state index in [1.165, 1.54) is 11.8 Å². The van der Waals surface area contributed by atoms with E-state index in [2.05, 4.69) is 34.5 Å². The fourth-order valence-corrected chi connectivity index (χ4v) is 3.49. The maximum atomic E-state index is 9.17. The van der Waals surface area contributed by atoms with Crippen LogP contribution in [0.5, 0.6) is 0 Å². The molecule has 4 nitrogen and oxygen atoms in total. The third kappa shape index (κ3) is 3.55. The number of hydrogen-bond donors (Lipinski definition) is 0. The summed E-state index contributed by atoms with van der Waals surface area (Å²) in [6.45, 7) is 5.95. The summed E-state index contributed by atoms with van der Waals surface area (Å²) >= 11 is 7.78. The lowest BCUT2D eigenvalue weighted by Gasteiger charge is -2.14. The van der Waals surface area contributed by atoms with E-state index < -0.39 is 0 Å². The molecule has 2 aromatic carbocycles. The molecule has 0 aliphatic rings. The minimum absolute atomic E-state index is 0.229. The van der Waals surface area contributed by atoms with Gasteiger partial charge in [0.2, 0.25) is 0 Å². The van der Waals surface area contributed by atoms with E-state index in [4.69, 9.17) is 11.6 Å². The highest BCUT2D eigenvalue weighted by molar-refractivity contribution is 8.00. The van der Waals surface area contributed by atoms with E-state index in [9.17, 15) is 5.26 Å². The van der Waals surface area contributed by atoms with Crippen molar-refractivity contribution in [2.75, 3.05) is 0 Å². The number of hydrogen-bond acceptors (Lipinski definition) is 4. The van der Waals surface area contributed by atoms with Crippen molar-refractivity contribution in [2.24, 2.45) is 0 Å². The van der Waals surface area contributed by atoms with E-state index in [0.717, 1.165) is 22.4 Å². The van der Waals surface area contributed by atoms with E-state index >= 15 is 0 Å². The van der Waals surface area contributed by atoms with Gasteiger partial charge in [-0.3, -0.25) is 4.57 Å². The standard InChI is InChI=1S/C19H17ClN4S/c1-12-8-9-13(2)17(10-12)24-18(15-6-4-5-7-16(15)20)22-23-19(24)25-14(3)11-21/h4-10,14H,1-3H3. The van der Waals surface area contributed by atoms with E-state index in [-0.39, 0.29) is 5.25 Å². The molecule has 1 heterocycles. The number of halogens is 1. The molecule has 0 bridgehead atoms. The first kappa shape index (κ1) is 17.5. The summed E-state index contributed by atoms with van der Waals surface area (Å²) in [5, 5.41) is 19.0. The summed E-state index contributed by atoms with van der Waals surface area (Å²) in [4.78, 5) is 0. The van der Waals surface area contributed by atoms with Gasteiger partial charge < -0.3 is 0 Å². The summed E-state index contributed by atoms with van der Waals surface area (Å²) in [7, 11) is 0. The van der Waals surface area contributed by atoms with Crippen LogP contribution in [0.1, 0.15) is 18.1 Å². The van der Waals surface area contributed by atoms with E-state index in [1.54, 1.807) is 0 Å². The van der Waals surface area contributed by atoms with Crippen LogP contribution in [0.25, 0.3) is 17.1 Å². The molecule has 0 aliphatic carbocycles. The highest BCUT2D eigenvalue weighted by Crippen LogP contribution is 2.34. The van der Waals surface area contributed by atoms with Crippen molar-refractivity contribution < 1.29 is 0 Å². The Hall–Kier alpha value is -2.29. The first-order valence-corrected chi connectivity index (χ1v) is 9.11. The minimum atomic E-state index is -0.229. The largest absolute Gasteiger partial charge is 0.270 e. The molecule has 1 aromatic heterocycles. The van der Waals surface area contributed by atoms with Gasteiger partial charge in [0, 0.05) is 5.56 Å². The van der Waals surface area contributed by atoms with Gasteiger partial charge in [0.15, 0.2) is 11.0 Å². The molecule has 126 valence electrons. The zero-order chi connectivity index (χ0) is 18.0.